The van der Waals surface area contributed by atoms with Crippen LogP contribution in [0, 0.1) is 12.8 Å². The molecule has 1 saturated carbocycles. The number of carbonyl (C=O) groups excluding carboxylic acids is 1. The molecule has 1 aliphatic carbocycles. The number of aromatic nitrogens is 3. The summed E-state index contributed by atoms with van der Waals surface area (Å²) in [7, 11) is 0. The van der Waals surface area contributed by atoms with E-state index in [0.717, 1.165) is 49.9 Å². The van der Waals surface area contributed by atoms with Gasteiger partial charge in [0.05, 0.1) is 5.56 Å². The molecule has 1 aliphatic heterocycles. The van der Waals surface area contributed by atoms with Gasteiger partial charge in [-0.1, -0.05) is 6.42 Å². The van der Waals surface area contributed by atoms with Crippen LogP contribution in [-0.2, 0) is 4.79 Å². The number of nitrogens with zero attached hydrogens (tertiary/aromatic N) is 4. The van der Waals surface area contributed by atoms with E-state index in [4.69, 9.17) is 4.42 Å². The van der Waals surface area contributed by atoms with Crippen molar-refractivity contribution < 1.29 is 9.21 Å². The van der Waals surface area contributed by atoms with Crippen molar-refractivity contribution in [2.45, 2.75) is 51.5 Å². The van der Waals surface area contributed by atoms with Crippen molar-refractivity contribution in [2.75, 3.05) is 6.54 Å². The van der Waals surface area contributed by atoms with Crippen LogP contribution >= 0.6 is 0 Å². The van der Waals surface area contributed by atoms with Crippen molar-refractivity contribution in [1.29, 1.82) is 0 Å². The van der Waals surface area contributed by atoms with Crippen LogP contribution in [0.25, 0.3) is 11.5 Å². The molecule has 0 spiro atoms. The van der Waals surface area contributed by atoms with Crippen molar-refractivity contribution in [3.8, 4) is 11.5 Å². The molecule has 1 saturated heterocycles. The standard InChI is InChI=1S/C18H22N4O2/c1-12-8-9-14(11-19-12)16-20-21-17(24-16)15-7-2-3-10-22(15)18(23)13-5-4-6-13/h8-9,11,13,15H,2-7,10H2,1H3. The summed E-state index contributed by atoms with van der Waals surface area (Å²) in [6, 6.07) is 3.77. The minimum Gasteiger partial charge on any atom is -0.418 e. The smallest absolute Gasteiger partial charge is 0.249 e. The van der Waals surface area contributed by atoms with E-state index in [1.54, 1.807) is 6.20 Å². The number of likely N-dealkylation sites (tertiary alicyclic amines) is 1. The number of rotatable bonds is 3. The number of carbonyl (C=O) groups is 1. The molecule has 126 valence electrons. The van der Waals surface area contributed by atoms with Crippen LogP contribution in [0.3, 0.4) is 0 Å². The maximum absolute atomic E-state index is 12.7. The van der Waals surface area contributed by atoms with E-state index in [2.05, 4.69) is 15.2 Å². The first-order valence-electron chi connectivity index (χ1n) is 8.79. The summed E-state index contributed by atoms with van der Waals surface area (Å²) in [5.41, 5.74) is 1.76. The van der Waals surface area contributed by atoms with Gasteiger partial charge in [-0.25, -0.2) is 0 Å². The van der Waals surface area contributed by atoms with Gasteiger partial charge in [0.1, 0.15) is 6.04 Å². The second-order valence-electron chi connectivity index (χ2n) is 6.80. The fourth-order valence-corrected chi connectivity index (χ4v) is 3.42. The second kappa shape index (κ2) is 6.34. The lowest BCUT2D eigenvalue weighted by Crippen LogP contribution is -2.43. The molecule has 1 atom stereocenters. The first-order chi connectivity index (χ1) is 11.7. The van der Waals surface area contributed by atoms with Gasteiger partial charge in [-0.15, -0.1) is 10.2 Å². The van der Waals surface area contributed by atoms with Crippen LogP contribution in [0.2, 0.25) is 0 Å². The Morgan fingerprint density at radius 3 is 2.75 bits per heavy atom. The van der Waals surface area contributed by atoms with Gasteiger partial charge in [-0.2, -0.15) is 0 Å². The Hall–Kier alpha value is -2.24. The molecule has 24 heavy (non-hydrogen) atoms. The summed E-state index contributed by atoms with van der Waals surface area (Å²) in [4.78, 5) is 18.9. The predicted octanol–water partition coefficient (Wildman–Crippen LogP) is 3.29. The fraction of sp³-hybridized carbons (Fsp3) is 0.556. The van der Waals surface area contributed by atoms with Crippen LogP contribution < -0.4 is 0 Å². The highest BCUT2D eigenvalue weighted by Gasteiger charge is 2.37. The second-order valence-corrected chi connectivity index (χ2v) is 6.80. The summed E-state index contributed by atoms with van der Waals surface area (Å²) in [5.74, 6) is 1.49. The molecule has 0 aromatic carbocycles. The Labute approximate surface area is 141 Å². The van der Waals surface area contributed by atoms with Gasteiger partial charge < -0.3 is 9.32 Å². The topological polar surface area (TPSA) is 72.1 Å². The summed E-state index contributed by atoms with van der Waals surface area (Å²) in [5, 5.41) is 8.41. The molecule has 1 amide bonds. The van der Waals surface area contributed by atoms with E-state index in [1.165, 1.54) is 6.42 Å². The largest absolute Gasteiger partial charge is 0.418 e. The van der Waals surface area contributed by atoms with E-state index < -0.39 is 0 Å². The van der Waals surface area contributed by atoms with Gasteiger partial charge in [0, 0.05) is 24.4 Å². The Bertz CT molecular complexity index is 721. The molecule has 3 heterocycles. The van der Waals surface area contributed by atoms with Crippen LogP contribution in [0.15, 0.2) is 22.7 Å². The molecule has 6 heteroatoms. The maximum atomic E-state index is 12.7. The maximum Gasteiger partial charge on any atom is 0.249 e. The zero-order valence-corrected chi connectivity index (χ0v) is 13.9. The number of pyridine rings is 1. The lowest BCUT2D eigenvalue weighted by atomic mass is 9.83. The van der Waals surface area contributed by atoms with Crippen molar-refractivity contribution in [3.05, 3.63) is 29.9 Å². The van der Waals surface area contributed by atoms with E-state index in [1.807, 2.05) is 24.0 Å². The number of aryl methyl sites for hydroxylation is 1. The number of hydrogen-bond donors (Lipinski definition) is 0. The minimum absolute atomic E-state index is 0.0773. The number of amides is 1. The monoisotopic (exact) mass is 326 g/mol. The Balaban J connectivity index is 1.57. The number of piperidine rings is 1. The molecular formula is C18H22N4O2. The normalized spacial score (nSPS) is 21.5. The molecule has 0 radical (unpaired) electrons. The van der Waals surface area contributed by atoms with Gasteiger partial charge in [0.2, 0.25) is 17.7 Å². The van der Waals surface area contributed by atoms with Gasteiger partial charge in [0.25, 0.3) is 0 Å². The van der Waals surface area contributed by atoms with Crippen LogP contribution in [-0.4, -0.2) is 32.5 Å². The lowest BCUT2D eigenvalue weighted by Gasteiger charge is -2.38. The Morgan fingerprint density at radius 2 is 2.04 bits per heavy atom. The molecule has 2 aromatic heterocycles. The molecule has 6 nitrogen and oxygen atoms in total. The van der Waals surface area contributed by atoms with E-state index in [0.29, 0.717) is 11.8 Å². The SMILES string of the molecule is Cc1ccc(-c2nnc(C3CCCCN3C(=O)C3CCC3)o2)cn1. The van der Waals surface area contributed by atoms with E-state index in [9.17, 15) is 4.79 Å². The first-order valence-corrected chi connectivity index (χ1v) is 8.79. The average molecular weight is 326 g/mol. The van der Waals surface area contributed by atoms with Crippen molar-refractivity contribution in [2.24, 2.45) is 5.92 Å². The molecule has 2 aromatic rings. The Kier molecular flexibility index (Phi) is 4.04. The van der Waals surface area contributed by atoms with Gasteiger partial charge in [-0.05, 0) is 51.2 Å². The minimum atomic E-state index is -0.0773. The third kappa shape index (κ3) is 2.81. The predicted molar refractivity (Wildman–Crippen MR) is 87.9 cm³/mol. The number of hydrogen-bond acceptors (Lipinski definition) is 5. The molecule has 2 fully saturated rings. The Morgan fingerprint density at radius 1 is 1.17 bits per heavy atom. The first kappa shape index (κ1) is 15.3. The lowest BCUT2D eigenvalue weighted by molar-refractivity contribution is -0.142. The highest BCUT2D eigenvalue weighted by Crippen LogP contribution is 2.36. The third-order valence-electron chi connectivity index (χ3n) is 5.12. The van der Waals surface area contributed by atoms with Gasteiger partial charge >= 0.3 is 0 Å². The molecular weight excluding hydrogens is 304 g/mol. The van der Waals surface area contributed by atoms with E-state index in [-0.39, 0.29) is 17.9 Å². The zero-order chi connectivity index (χ0) is 16.5. The molecule has 4 rings (SSSR count). The molecule has 1 unspecified atom stereocenters. The quantitative estimate of drug-likeness (QED) is 0.865. The molecule has 2 aliphatic rings. The third-order valence-corrected chi connectivity index (χ3v) is 5.12. The van der Waals surface area contributed by atoms with Crippen LogP contribution in [0.1, 0.15) is 56.2 Å². The van der Waals surface area contributed by atoms with E-state index >= 15 is 0 Å². The van der Waals surface area contributed by atoms with Crippen LogP contribution in [0.5, 0.6) is 0 Å². The van der Waals surface area contributed by atoms with Crippen LogP contribution in [0.4, 0.5) is 0 Å². The van der Waals surface area contributed by atoms with Gasteiger partial charge in [-0.3, -0.25) is 9.78 Å². The summed E-state index contributed by atoms with van der Waals surface area (Å²) < 4.78 is 5.90. The van der Waals surface area contributed by atoms with Gasteiger partial charge in [0.15, 0.2) is 0 Å². The summed E-state index contributed by atoms with van der Waals surface area (Å²) >= 11 is 0. The van der Waals surface area contributed by atoms with Crippen molar-refractivity contribution >= 4 is 5.91 Å². The highest BCUT2D eigenvalue weighted by molar-refractivity contribution is 5.80. The fourth-order valence-electron chi connectivity index (χ4n) is 3.42. The summed E-state index contributed by atoms with van der Waals surface area (Å²) in [6.07, 6.45) is 7.98. The van der Waals surface area contributed by atoms with Crippen molar-refractivity contribution in [3.63, 3.8) is 0 Å². The highest BCUT2D eigenvalue weighted by atomic mass is 16.4. The van der Waals surface area contributed by atoms with Crippen molar-refractivity contribution in [1.82, 2.24) is 20.1 Å². The molecule has 0 bridgehead atoms. The summed E-state index contributed by atoms with van der Waals surface area (Å²) in [6.45, 7) is 2.73. The molecule has 0 N–H and O–H groups in total. The zero-order valence-electron chi connectivity index (χ0n) is 13.9. The average Bonchev–Trinajstić information content (AvgIpc) is 3.04.